The largest absolute Gasteiger partial charge is 0.388 e. The molecule has 0 amide bonds. The fraction of sp³-hybridized carbons (Fsp3) is 0.200. The minimum atomic E-state index is -0.842. The topological polar surface area (TPSA) is 20.2 Å². The van der Waals surface area contributed by atoms with E-state index in [1.165, 1.54) is 6.07 Å². The lowest BCUT2D eigenvalue weighted by Gasteiger charge is -2.12. The number of fused-ring (bicyclic) bond motifs is 1. The second-order valence-corrected chi connectivity index (χ2v) is 4.61. The van der Waals surface area contributed by atoms with Gasteiger partial charge in [0, 0.05) is 5.92 Å². The molecule has 0 bridgehead atoms. The summed E-state index contributed by atoms with van der Waals surface area (Å²) in [7, 11) is 0. The van der Waals surface area contributed by atoms with Gasteiger partial charge in [0.1, 0.15) is 0 Å². The molecule has 1 nitrogen and oxygen atoms in total. The summed E-state index contributed by atoms with van der Waals surface area (Å²) >= 11 is 0. The molecule has 0 heterocycles. The molecule has 1 aliphatic carbocycles. The van der Waals surface area contributed by atoms with Gasteiger partial charge in [0.2, 0.25) is 0 Å². The van der Waals surface area contributed by atoms with E-state index < -0.39 is 17.7 Å². The Hall–Kier alpha value is -1.74. The molecule has 2 aromatic rings. The quantitative estimate of drug-likeness (QED) is 0.816. The highest BCUT2D eigenvalue weighted by atomic mass is 19.2. The minimum absolute atomic E-state index is 0.0636. The third-order valence-corrected chi connectivity index (χ3v) is 3.54. The van der Waals surface area contributed by atoms with Gasteiger partial charge >= 0.3 is 0 Å². The first-order valence-electron chi connectivity index (χ1n) is 5.88. The van der Waals surface area contributed by atoms with Crippen LogP contribution in [0.15, 0.2) is 42.5 Å². The van der Waals surface area contributed by atoms with E-state index in [0.29, 0.717) is 12.0 Å². The van der Waals surface area contributed by atoms with E-state index in [2.05, 4.69) is 0 Å². The predicted molar refractivity (Wildman–Crippen MR) is 64.2 cm³/mol. The predicted octanol–water partition coefficient (Wildman–Crippen LogP) is 3.53. The van der Waals surface area contributed by atoms with Crippen LogP contribution in [0.5, 0.6) is 0 Å². The van der Waals surface area contributed by atoms with E-state index in [0.717, 1.165) is 17.2 Å². The molecule has 1 N–H and O–H groups in total. The fourth-order valence-corrected chi connectivity index (χ4v) is 2.65. The number of benzene rings is 2. The number of hydrogen-bond acceptors (Lipinski definition) is 1. The summed E-state index contributed by atoms with van der Waals surface area (Å²) in [6.07, 6.45) is -0.0101. The normalized spacial score (nSPS) is 21.9. The van der Waals surface area contributed by atoms with Crippen LogP contribution in [-0.2, 0) is 0 Å². The zero-order chi connectivity index (χ0) is 12.7. The van der Waals surface area contributed by atoms with Gasteiger partial charge in [0.25, 0.3) is 0 Å². The molecule has 0 fully saturated rings. The lowest BCUT2D eigenvalue weighted by Crippen LogP contribution is -1.98. The first-order chi connectivity index (χ1) is 8.66. The lowest BCUT2D eigenvalue weighted by atomic mass is 9.93. The highest BCUT2D eigenvalue weighted by Crippen LogP contribution is 2.43. The number of aliphatic hydroxyl groups excluding tert-OH is 1. The summed E-state index contributed by atoms with van der Waals surface area (Å²) in [5.74, 6) is -1.75. The molecular weight excluding hydrogens is 234 g/mol. The molecule has 0 spiro atoms. The van der Waals surface area contributed by atoms with Crippen LogP contribution < -0.4 is 0 Å². The van der Waals surface area contributed by atoms with Crippen molar-refractivity contribution in [2.24, 2.45) is 0 Å². The van der Waals surface area contributed by atoms with Gasteiger partial charge in [-0.1, -0.05) is 30.3 Å². The molecule has 0 aliphatic heterocycles. The molecule has 0 unspecified atom stereocenters. The average molecular weight is 246 g/mol. The average Bonchev–Trinajstić information content (AvgIpc) is 2.71. The molecule has 0 saturated heterocycles. The Balaban J connectivity index is 2.06. The molecular formula is C15H12F2O. The standard InChI is InChI=1S/C15H12F2O/c16-13-6-5-9(7-14(13)17)12-8-15(18)11-4-2-1-3-10(11)12/h1-7,12,15,18H,8H2/t12-,15-/m1/s1. The maximum absolute atomic E-state index is 13.3. The highest BCUT2D eigenvalue weighted by Gasteiger charge is 2.30. The van der Waals surface area contributed by atoms with Crippen LogP contribution in [-0.4, -0.2) is 5.11 Å². The van der Waals surface area contributed by atoms with Crippen molar-refractivity contribution in [1.29, 1.82) is 0 Å². The van der Waals surface area contributed by atoms with Crippen molar-refractivity contribution < 1.29 is 13.9 Å². The third-order valence-electron chi connectivity index (χ3n) is 3.54. The van der Waals surface area contributed by atoms with Crippen LogP contribution >= 0.6 is 0 Å². The van der Waals surface area contributed by atoms with Gasteiger partial charge in [-0.15, -0.1) is 0 Å². The van der Waals surface area contributed by atoms with Crippen molar-refractivity contribution in [1.82, 2.24) is 0 Å². The lowest BCUT2D eigenvalue weighted by molar-refractivity contribution is 0.176. The van der Waals surface area contributed by atoms with Gasteiger partial charge in [-0.25, -0.2) is 8.78 Å². The van der Waals surface area contributed by atoms with Gasteiger partial charge in [0.15, 0.2) is 11.6 Å². The molecule has 3 heteroatoms. The van der Waals surface area contributed by atoms with Crippen molar-refractivity contribution in [3.8, 4) is 0 Å². The highest BCUT2D eigenvalue weighted by molar-refractivity contribution is 5.43. The Kier molecular flexibility index (Phi) is 2.63. The van der Waals surface area contributed by atoms with E-state index in [1.807, 2.05) is 24.3 Å². The van der Waals surface area contributed by atoms with Crippen molar-refractivity contribution in [3.63, 3.8) is 0 Å². The maximum atomic E-state index is 13.3. The summed E-state index contributed by atoms with van der Waals surface area (Å²) in [4.78, 5) is 0. The van der Waals surface area contributed by atoms with E-state index in [4.69, 9.17) is 0 Å². The zero-order valence-electron chi connectivity index (χ0n) is 9.61. The molecule has 92 valence electrons. The molecule has 0 saturated carbocycles. The molecule has 18 heavy (non-hydrogen) atoms. The summed E-state index contributed by atoms with van der Waals surface area (Å²) in [5.41, 5.74) is 2.58. The van der Waals surface area contributed by atoms with E-state index >= 15 is 0 Å². The second-order valence-electron chi connectivity index (χ2n) is 4.61. The molecule has 0 radical (unpaired) electrons. The van der Waals surface area contributed by atoms with Crippen molar-refractivity contribution >= 4 is 0 Å². The Morgan fingerprint density at radius 1 is 0.944 bits per heavy atom. The number of aliphatic hydroxyl groups is 1. The monoisotopic (exact) mass is 246 g/mol. The van der Waals surface area contributed by atoms with E-state index in [1.54, 1.807) is 6.07 Å². The molecule has 2 aromatic carbocycles. The summed E-state index contributed by atoms with van der Waals surface area (Å²) in [6, 6.07) is 11.5. The van der Waals surface area contributed by atoms with E-state index in [9.17, 15) is 13.9 Å². The van der Waals surface area contributed by atoms with Crippen molar-refractivity contribution in [3.05, 3.63) is 70.8 Å². The Morgan fingerprint density at radius 2 is 1.67 bits per heavy atom. The number of rotatable bonds is 1. The summed E-state index contributed by atoms with van der Waals surface area (Å²) in [5, 5.41) is 9.97. The number of halogens is 2. The van der Waals surface area contributed by atoms with Gasteiger partial charge in [-0.2, -0.15) is 0 Å². The SMILES string of the molecule is O[C@@H]1C[C@H](c2ccc(F)c(F)c2)c2ccccc21. The Labute approximate surface area is 104 Å². The summed E-state index contributed by atoms with van der Waals surface area (Å²) in [6.45, 7) is 0. The molecule has 1 aliphatic rings. The van der Waals surface area contributed by atoms with Crippen LogP contribution in [0.25, 0.3) is 0 Å². The Bertz CT molecular complexity index is 595. The Morgan fingerprint density at radius 3 is 2.39 bits per heavy atom. The van der Waals surface area contributed by atoms with Gasteiger partial charge in [-0.3, -0.25) is 0 Å². The minimum Gasteiger partial charge on any atom is -0.388 e. The second kappa shape index (κ2) is 4.18. The molecule has 3 rings (SSSR count). The van der Waals surface area contributed by atoms with Gasteiger partial charge in [-0.05, 0) is 35.2 Å². The maximum Gasteiger partial charge on any atom is 0.159 e. The van der Waals surface area contributed by atoms with Gasteiger partial charge < -0.3 is 5.11 Å². The zero-order valence-corrected chi connectivity index (χ0v) is 9.61. The third kappa shape index (κ3) is 1.71. The first-order valence-corrected chi connectivity index (χ1v) is 5.88. The van der Waals surface area contributed by atoms with Crippen LogP contribution in [0.4, 0.5) is 8.78 Å². The molecule has 0 aromatic heterocycles. The molecule has 2 atom stereocenters. The van der Waals surface area contributed by atoms with Crippen LogP contribution in [0.2, 0.25) is 0 Å². The summed E-state index contributed by atoms with van der Waals surface area (Å²) < 4.78 is 26.2. The van der Waals surface area contributed by atoms with Gasteiger partial charge in [0.05, 0.1) is 6.10 Å². The van der Waals surface area contributed by atoms with Crippen LogP contribution in [0.1, 0.15) is 35.1 Å². The van der Waals surface area contributed by atoms with Crippen molar-refractivity contribution in [2.75, 3.05) is 0 Å². The van der Waals surface area contributed by atoms with Crippen LogP contribution in [0, 0.1) is 11.6 Å². The van der Waals surface area contributed by atoms with Crippen molar-refractivity contribution in [2.45, 2.75) is 18.4 Å². The number of hydrogen-bond donors (Lipinski definition) is 1. The van der Waals surface area contributed by atoms with E-state index in [-0.39, 0.29) is 5.92 Å². The van der Waals surface area contributed by atoms with Crippen LogP contribution in [0.3, 0.4) is 0 Å². The smallest absolute Gasteiger partial charge is 0.159 e. The first kappa shape index (κ1) is 11.4. The fourth-order valence-electron chi connectivity index (χ4n) is 2.65.